The highest BCUT2D eigenvalue weighted by Crippen LogP contribution is 2.47. The number of hydrogen-bond acceptors (Lipinski definition) is 8. The summed E-state index contributed by atoms with van der Waals surface area (Å²) in [6.07, 6.45) is 6.66. The Hall–Kier alpha value is -3.17. The Morgan fingerprint density at radius 2 is 1.88 bits per heavy atom. The number of aromatic nitrogens is 2. The van der Waals surface area contributed by atoms with Crippen molar-refractivity contribution in [1.82, 2.24) is 20.2 Å². The zero-order valence-electron chi connectivity index (χ0n) is 23.7. The third-order valence-electron chi connectivity index (χ3n) is 9.53. The van der Waals surface area contributed by atoms with Gasteiger partial charge < -0.3 is 24.8 Å². The lowest BCUT2D eigenvalue weighted by Gasteiger charge is -2.35. The van der Waals surface area contributed by atoms with E-state index in [1.54, 1.807) is 12.1 Å². The number of piperazine rings is 1. The molecule has 1 saturated carbocycles. The molecule has 218 valence electrons. The number of halogens is 1. The fraction of sp³-hybridized carbons (Fsp3) is 0.455. The second-order valence-electron chi connectivity index (χ2n) is 12.6. The highest BCUT2D eigenvalue weighted by molar-refractivity contribution is 6.36. The van der Waals surface area contributed by atoms with Crippen molar-refractivity contribution in [3.8, 4) is 22.8 Å². The first-order valence-corrected chi connectivity index (χ1v) is 15.6. The number of phenols is 1. The molecule has 0 amide bonds. The number of pyridine rings is 2. The van der Waals surface area contributed by atoms with Gasteiger partial charge in [-0.15, -0.1) is 0 Å². The number of ether oxygens (including phenoxy) is 2. The number of nitrogens with one attached hydrogen (secondary N) is 1. The van der Waals surface area contributed by atoms with Gasteiger partial charge in [0, 0.05) is 78.5 Å². The van der Waals surface area contributed by atoms with Crippen LogP contribution in [0.2, 0.25) is 5.02 Å². The van der Waals surface area contributed by atoms with E-state index in [-0.39, 0.29) is 11.2 Å². The molecule has 4 fully saturated rings. The number of benzene rings is 2. The lowest BCUT2D eigenvalue weighted by atomic mass is 9.98. The number of rotatable bonds is 7. The topological polar surface area (TPSA) is 83.0 Å². The number of phenolic OH excluding ortho intramolecular Hbond substituents is 1. The van der Waals surface area contributed by atoms with Gasteiger partial charge in [0.25, 0.3) is 0 Å². The van der Waals surface area contributed by atoms with Gasteiger partial charge >= 0.3 is 0 Å². The smallest absolute Gasteiger partial charge is 0.216 e. The second kappa shape index (κ2) is 10.5. The molecule has 3 saturated heterocycles. The van der Waals surface area contributed by atoms with Crippen LogP contribution in [0, 0.1) is 5.41 Å². The quantitative estimate of drug-likeness (QED) is 0.305. The molecule has 0 spiro atoms. The molecule has 5 heterocycles. The second-order valence-corrected chi connectivity index (χ2v) is 13.0. The lowest BCUT2D eigenvalue weighted by Crippen LogP contribution is -2.51. The molecule has 8 nitrogen and oxygen atoms in total. The number of morpholine rings is 1. The van der Waals surface area contributed by atoms with Crippen LogP contribution in [0.3, 0.4) is 0 Å². The number of fused-ring (bicyclic) bond motifs is 4. The normalized spacial score (nSPS) is 23.5. The summed E-state index contributed by atoms with van der Waals surface area (Å²) >= 11 is 6.67. The highest BCUT2D eigenvalue weighted by atomic mass is 35.5. The van der Waals surface area contributed by atoms with Gasteiger partial charge in [-0.2, -0.15) is 0 Å². The molecule has 3 aliphatic heterocycles. The van der Waals surface area contributed by atoms with E-state index >= 15 is 0 Å². The predicted molar refractivity (Wildman–Crippen MR) is 166 cm³/mol. The van der Waals surface area contributed by atoms with Crippen LogP contribution < -0.4 is 15.0 Å². The third-order valence-corrected chi connectivity index (χ3v) is 9.84. The highest BCUT2D eigenvalue weighted by Gasteiger charge is 2.45. The Bertz CT molecular complexity index is 1640. The van der Waals surface area contributed by atoms with E-state index in [1.165, 1.54) is 25.7 Å². The van der Waals surface area contributed by atoms with Crippen molar-refractivity contribution in [3.63, 3.8) is 0 Å². The maximum atomic E-state index is 10.5. The van der Waals surface area contributed by atoms with Crippen LogP contribution in [0.15, 0.2) is 48.7 Å². The standard InChI is InChI=1S/C33H36ClN5O3/c34-27-3-1-2-21-12-25(40)14-26(31(21)27)22-13-28-32(35-16-22)29(39-17-23-4-5-24(18-39)36-23)15-30(37-28)42-20-33(6-7-33)19-38-8-10-41-11-9-38/h1-3,12-16,23-24,36,40H,4-11,17-20H2. The van der Waals surface area contributed by atoms with Crippen molar-refractivity contribution in [3.05, 3.63) is 53.7 Å². The molecule has 9 heteroatoms. The van der Waals surface area contributed by atoms with E-state index in [4.69, 9.17) is 31.0 Å². The first kappa shape index (κ1) is 26.5. The van der Waals surface area contributed by atoms with Crippen molar-refractivity contribution in [2.24, 2.45) is 5.41 Å². The number of anilines is 1. The summed E-state index contributed by atoms with van der Waals surface area (Å²) in [6.45, 7) is 7.23. The third kappa shape index (κ3) is 5.04. The van der Waals surface area contributed by atoms with E-state index in [0.717, 1.165) is 84.6 Å². The molecule has 2 N–H and O–H groups in total. The molecule has 0 radical (unpaired) electrons. The summed E-state index contributed by atoms with van der Waals surface area (Å²) in [5, 5.41) is 16.7. The molecule has 2 bridgehead atoms. The van der Waals surface area contributed by atoms with Crippen molar-refractivity contribution < 1.29 is 14.6 Å². The largest absolute Gasteiger partial charge is 0.508 e. The molecule has 2 aromatic heterocycles. The lowest BCUT2D eigenvalue weighted by molar-refractivity contribution is 0.0234. The maximum Gasteiger partial charge on any atom is 0.216 e. The van der Waals surface area contributed by atoms with Gasteiger partial charge in [0.1, 0.15) is 11.3 Å². The molecule has 8 rings (SSSR count). The Morgan fingerprint density at radius 1 is 1.07 bits per heavy atom. The Labute approximate surface area is 250 Å². The van der Waals surface area contributed by atoms with Gasteiger partial charge in [-0.05, 0) is 60.9 Å². The van der Waals surface area contributed by atoms with Crippen LogP contribution in [0.4, 0.5) is 5.69 Å². The average Bonchev–Trinajstić information content (AvgIpc) is 3.69. The van der Waals surface area contributed by atoms with E-state index in [1.807, 2.05) is 24.4 Å². The monoisotopic (exact) mass is 585 g/mol. The van der Waals surface area contributed by atoms with Crippen molar-refractivity contribution in [2.75, 3.05) is 57.4 Å². The molecule has 2 atom stereocenters. The molecular formula is C33H36ClN5O3. The summed E-state index contributed by atoms with van der Waals surface area (Å²) in [6, 6.07) is 14.4. The first-order valence-electron chi connectivity index (χ1n) is 15.2. The summed E-state index contributed by atoms with van der Waals surface area (Å²) in [5.41, 5.74) is 4.63. The molecule has 2 aromatic carbocycles. The van der Waals surface area contributed by atoms with Gasteiger partial charge in [0.05, 0.1) is 31.0 Å². The Kier molecular flexibility index (Phi) is 6.63. The van der Waals surface area contributed by atoms with Crippen LogP contribution in [0.1, 0.15) is 25.7 Å². The molecule has 2 unspecified atom stereocenters. The maximum absolute atomic E-state index is 10.5. The predicted octanol–water partition coefficient (Wildman–Crippen LogP) is 5.24. The molecule has 4 aliphatic rings. The molecule has 4 aromatic rings. The Morgan fingerprint density at radius 3 is 2.67 bits per heavy atom. The van der Waals surface area contributed by atoms with Gasteiger partial charge in [0.2, 0.25) is 5.88 Å². The van der Waals surface area contributed by atoms with Crippen LogP contribution >= 0.6 is 11.6 Å². The van der Waals surface area contributed by atoms with Crippen LogP contribution in [-0.2, 0) is 4.74 Å². The van der Waals surface area contributed by atoms with Crippen molar-refractivity contribution >= 4 is 39.1 Å². The van der Waals surface area contributed by atoms with Crippen LogP contribution in [0.25, 0.3) is 32.9 Å². The molecular weight excluding hydrogens is 550 g/mol. The van der Waals surface area contributed by atoms with E-state index in [0.29, 0.717) is 29.6 Å². The summed E-state index contributed by atoms with van der Waals surface area (Å²) in [5.74, 6) is 0.839. The Balaban J connectivity index is 1.17. The number of hydrogen-bond donors (Lipinski definition) is 2. The summed E-state index contributed by atoms with van der Waals surface area (Å²) < 4.78 is 12.1. The van der Waals surface area contributed by atoms with E-state index < -0.39 is 0 Å². The minimum atomic E-state index is 0.192. The number of nitrogens with zero attached hydrogens (tertiary/aromatic N) is 4. The summed E-state index contributed by atoms with van der Waals surface area (Å²) in [7, 11) is 0. The zero-order chi connectivity index (χ0) is 28.3. The SMILES string of the molecule is Oc1cc(-c2cnc3c(N4CC5CCC(C4)N5)cc(OCC4(CN5CCOCC5)CC4)nc3c2)c2c(Cl)cccc2c1. The van der Waals surface area contributed by atoms with Crippen molar-refractivity contribution in [2.45, 2.75) is 37.8 Å². The average molecular weight is 586 g/mol. The van der Waals surface area contributed by atoms with Crippen molar-refractivity contribution in [1.29, 1.82) is 0 Å². The van der Waals surface area contributed by atoms with Gasteiger partial charge in [-0.3, -0.25) is 9.88 Å². The van der Waals surface area contributed by atoms with Gasteiger partial charge in [-0.25, -0.2) is 4.98 Å². The fourth-order valence-electron chi connectivity index (χ4n) is 7.11. The summed E-state index contributed by atoms with van der Waals surface area (Å²) in [4.78, 5) is 15.0. The van der Waals surface area contributed by atoms with Crippen LogP contribution in [0.5, 0.6) is 11.6 Å². The number of aromatic hydroxyl groups is 1. The minimum absolute atomic E-state index is 0.192. The molecule has 42 heavy (non-hydrogen) atoms. The van der Waals surface area contributed by atoms with Gasteiger partial charge in [-0.1, -0.05) is 23.7 Å². The minimum Gasteiger partial charge on any atom is -0.508 e. The van der Waals surface area contributed by atoms with Gasteiger partial charge in [0.15, 0.2) is 0 Å². The first-order chi connectivity index (χ1) is 20.5. The van der Waals surface area contributed by atoms with E-state index in [2.05, 4.69) is 27.2 Å². The van der Waals surface area contributed by atoms with Crippen LogP contribution in [-0.4, -0.2) is 84.6 Å². The van der Waals surface area contributed by atoms with E-state index in [9.17, 15) is 5.11 Å². The molecule has 1 aliphatic carbocycles. The fourth-order valence-corrected chi connectivity index (χ4v) is 7.39. The zero-order valence-corrected chi connectivity index (χ0v) is 24.4.